The predicted molar refractivity (Wildman–Crippen MR) is 79.6 cm³/mol. The van der Waals surface area contributed by atoms with Crippen molar-refractivity contribution < 1.29 is 9.90 Å². The molecule has 1 fully saturated rings. The number of rotatable bonds is 1. The number of amides is 1. The summed E-state index contributed by atoms with van der Waals surface area (Å²) in [6, 6.07) is 4.03. The number of aryl methyl sites for hydroxylation is 2. The first-order valence-electron chi connectivity index (χ1n) is 7.69. The third-order valence-electron chi connectivity index (χ3n) is 4.92. The molecule has 0 aromatic heterocycles. The van der Waals surface area contributed by atoms with E-state index in [2.05, 4.69) is 11.4 Å². The smallest absolute Gasteiger partial charge is 0.261 e. The van der Waals surface area contributed by atoms with Crippen LogP contribution >= 0.6 is 0 Å². The summed E-state index contributed by atoms with van der Waals surface area (Å²) < 4.78 is 0. The maximum Gasteiger partial charge on any atom is 0.261 e. The third kappa shape index (κ3) is 1.96. The van der Waals surface area contributed by atoms with Gasteiger partial charge in [-0.15, -0.1) is 0 Å². The van der Waals surface area contributed by atoms with Crippen LogP contribution in [0.5, 0.6) is 0 Å². The van der Waals surface area contributed by atoms with Crippen molar-refractivity contribution in [2.24, 2.45) is 5.92 Å². The van der Waals surface area contributed by atoms with Gasteiger partial charge in [-0.2, -0.15) is 0 Å². The predicted octanol–water partition coefficient (Wildman–Crippen LogP) is 3.41. The van der Waals surface area contributed by atoms with Crippen LogP contribution in [0.1, 0.15) is 55.2 Å². The highest BCUT2D eigenvalue weighted by Crippen LogP contribution is 2.47. The Morgan fingerprint density at radius 2 is 1.80 bits per heavy atom. The van der Waals surface area contributed by atoms with Gasteiger partial charge in [0, 0.05) is 11.5 Å². The van der Waals surface area contributed by atoms with E-state index in [4.69, 9.17) is 0 Å². The number of carbonyl (C=O) groups excluding carboxylic acids is 1. The molecule has 1 saturated carbocycles. The van der Waals surface area contributed by atoms with Crippen LogP contribution in [-0.2, 0) is 10.4 Å². The van der Waals surface area contributed by atoms with Crippen molar-refractivity contribution in [3.63, 3.8) is 0 Å². The van der Waals surface area contributed by atoms with E-state index in [1.807, 2.05) is 19.9 Å². The quantitative estimate of drug-likeness (QED) is 0.770. The summed E-state index contributed by atoms with van der Waals surface area (Å²) in [6.45, 7) is 4.01. The van der Waals surface area contributed by atoms with Crippen molar-refractivity contribution in [3.8, 4) is 0 Å². The number of carbonyl (C=O) groups is 1. The normalized spacial score (nSPS) is 27.1. The Morgan fingerprint density at radius 3 is 2.45 bits per heavy atom. The average Bonchev–Trinajstić information content (AvgIpc) is 2.63. The van der Waals surface area contributed by atoms with Gasteiger partial charge >= 0.3 is 0 Å². The molecule has 0 spiro atoms. The van der Waals surface area contributed by atoms with Crippen molar-refractivity contribution in [1.82, 2.24) is 0 Å². The summed E-state index contributed by atoms with van der Waals surface area (Å²) in [6.07, 6.45) is 6.54. The van der Waals surface area contributed by atoms with Crippen LogP contribution in [0.4, 0.5) is 5.69 Å². The van der Waals surface area contributed by atoms with Gasteiger partial charge < -0.3 is 10.4 Å². The zero-order chi connectivity index (χ0) is 14.3. The summed E-state index contributed by atoms with van der Waals surface area (Å²) in [5.41, 5.74) is 2.44. The lowest BCUT2D eigenvalue weighted by Gasteiger charge is -2.30. The minimum absolute atomic E-state index is 0.0486. The second kappa shape index (κ2) is 4.88. The van der Waals surface area contributed by atoms with Crippen molar-refractivity contribution in [3.05, 3.63) is 28.8 Å². The Balaban J connectivity index is 2.07. The Morgan fingerprint density at radius 1 is 1.15 bits per heavy atom. The van der Waals surface area contributed by atoms with Gasteiger partial charge in [0.25, 0.3) is 5.91 Å². The summed E-state index contributed by atoms with van der Waals surface area (Å²) in [7, 11) is 0. The average molecular weight is 273 g/mol. The van der Waals surface area contributed by atoms with Crippen molar-refractivity contribution in [2.75, 3.05) is 5.32 Å². The molecular formula is C17H23NO2. The largest absolute Gasteiger partial charge is 0.375 e. The monoisotopic (exact) mass is 273 g/mol. The zero-order valence-corrected chi connectivity index (χ0v) is 12.3. The molecule has 108 valence electrons. The highest BCUT2D eigenvalue weighted by Gasteiger charge is 2.51. The molecule has 1 unspecified atom stereocenters. The van der Waals surface area contributed by atoms with Crippen LogP contribution in [0.2, 0.25) is 0 Å². The van der Waals surface area contributed by atoms with Gasteiger partial charge in [-0.1, -0.05) is 43.4 Å². The van der Waals surface area contributed by atoms with Crippen LogP contribution in [0.15, 0.2) is 12.1 Å². The first-order chi connectivity index (χ1) is 9.53. The number of hydrogen-bond acceptors (Lipinski definition) is 2. The Labute approximate surface area is 120 Å². The maximum absolute atomic E-state index is 12.5. The lowest BCUT2D eigenvalue weighted by Crippen LogP contribution is -2.41. The molecule has 2 aliphatic rings. The molecule has 1 aromatic carbocycles. The molecule has 20 heavy (non-hydrogen) atoms. The van der Waals surface area contributed by atoms with Gasteiger partial charge in [0.15, 0.2) is 5.60 Å². The van der Waals surface area contributed by atoms with Gasteiger partial charge in [-0.3, -0.25) is 4.79 Å². The van der Waals surface area contributed by atoms with E-state index in [1.165, 1.54) is 12.8 Å². The molecule has 1 aliphatic heterocycles. The van der Waals surface area contributed by atoms with Gasteiger partial charge in [0.05, 0.1) is 5.69 Å². The standard InChI is InChI=1S/C17H23NO2/c1-11-9-12(2)15-14(10-11)17(20,16(19)18-15)13-7-5-3-4-6-8-13/h9-10,13,20H,3-8H2,1-2H3,(H,18,19). The molecule has 1 aromatic rings. The van der Waals surface area contributed by atoms with E-state index in [0.29, 0.717) is 0 Å². The van der Waals surface area contributed by atoms with Crippen LogP contribution in [0.25, 0.3) is 0 Å². The molecular weight excluding hydrogens is 250 g/mol. The van der Waals surface area contributed by atoms with Gasteiger partial charge in [0.1, 0.15) is 0 Å². The lowest BCUT2D eigenvalue weighted by atomic mass is 9.77. The van der Waals surface area contributed by atoms with Crippen molar-refractivity contribution in [2.45, 2.75) is 58.0 Å². The number of nitrogens with one attached hydrogen (secondary N) is 1. The first-order valence-corrected chi connectivity index (χ1v) is 7.69. The van der Waals surface area contributed by atoms with Crippen LogP contribution in [-0.4, -0.2) is 11.0 Å². The van der Waals surface area contributed by atoms with Crippen LogP contribution in [0, 0.1) is 19.8 Å². The van der Waals surface area contributed by atoms with E-state index in [1.54, 1.807) is 0 Å². The zero-order valence-electron chi connectivity index (χ0n) is 12.3. The van der Waals surface area contributed by atoms with Crippen molar-refractivity contribution >= 4 is 11.6 Å². The molecule has 1 atom stereocenters. The van der Waals surface area contributed by atoms with E-state index < -0.39 is 5.60 Å². The highest BCUT2D eigenvalue weighted by atomic mass is 16.3. The minimum Gasteiger partial charge on any atom is -0.375 e. The van der Waals surface area contributed by atoms with Crippen molar-refractivity contribution in [1.29, 1.82) is 0 Å². The molecule has 2 N–H and O–H groups in total. The molecule has 1 amide bonds. The molecule has 0 saturated heterocycles. The topological polar surface area (TPSA) is 49.3 Å². The highest BCUT2D eigenvalue weighted by molar-refractivity contribution is 6.06. The second-order valence-electron chi connectivity index (χ2n) is 6.41. The fraction of sp³-hybridized carbons (Fsp3) is 0.588. The third-order valence-corrected chi connectivity index (χ3v) is 4.92. The van der Waals surface area contributed by atoms with E-state index >= 15 is 0 Å². The van der Waals surface area contributed by atoms with Gasteiger partial charge in [0.2, 0.25) is 0 Å². The Kier molecular flexibility index (Phi) is 3.33. The van der Waals surface area contributed by atoms with Gasteiger partial charge in [-0.05, 0) is 32.3 Å². The van der Waals surface area contributed by atoms with Crippen LogP contribution < -0.4 is 5.32 Å². The first kappa shape index (κ1) is 13.6. The summed E-state index contributed by atoms with van der Waals surface area (Å²) >= 11 is 0. The number of benzene rings is 1. The molecule has 0 bridgehead atoms. The maximum atomic E-state index is 12.5. The van der Waals surface area contributed by atoms with Crippen LogP contribution in [0.3, 0.4) is 0 Å². The number of aliphatic hydroxyl groups is 1. The minimum atomic E-state index is -1.32. The Bertz CT molecular complexity index is 544. The Hall–Kier alpha value is -1.35. The molecule has 3 heteroatoms. The summed E-state index contributed by atoms with van der Waals surface area (Å²) in [5, 5.41) is 14.1. The second-order valence-corrected chi connectivity index (χ2v) is 6.41. The van der Waals surface area contributed by atoms with E-state index in [9.17, 15) is 9.90 Å². The molecule has 3 rings (SSSR count). The molecule has 0 radical (unpaired) electrons. The fourth-order valence-electron chi connectivity index (χ4n) is 3.87. The lowest BCUT2D eigenvalue weighted by molar-refractivity contribution is -0.140. The fourth-order valence-corrected chi connectivity index (χ4v) is 3.87. The summed E-state index contributed by atoms with van der Waals surface area (Å²) in [5.74, 6) is -0.180. The molecule has 1 aliphatic carbocycles. The molecule has 3 nitrogen and oxygen atoms in total. The number of anilines is 1. The van der Waals surface area contributed by atoms with E-state index in [0.717, 1.165) is 48.1 Å². The SMILES string of the molecule is Cc1cc(C)c2c(c1)C(O)(C1CCCCCC1)C(=O)N2. The van der Waals surface area contributed by atoms with Gasteiger partial charge in [-0.25, -0.2) is 0 Å². The number of fused-ring (bicyclic) bond motifs is 1. The molecule has 1 heterocycles. The van der Waals surface area contributed by atoms with E-state index in [-0.39, 0.29) is 11.8 Å². The number of hydrogen-bond donors (Lipinski definition) is 2. The summed E-state index contributed by atoms with van der Waals surface area (Å²) in [4.78, 5) is 12.5.